The average Bonchev–Trinajstić information content (AvgIpc) is 2.77. The van der Waals surface area contributed by atoms with Crippen LogP contribution in [0.4, 0.5) is 0 Å². The number of H-pyrrole nitrogens is 1. The Morgan fingerprint density at radius 3 is 2.58 bits per heavy atom. The minimum absolute atomic E-state index is 0.0259. The molecule has 8 heteroatoms. The zero-order valence-electron chi connectivity index (χ0n) is 11.0. The fraction of sp³-hybridized carbons (Fsp3) is 0.545. The molecule has 1 amide bonds. The Morgan fingerprint density at radius 2 is 2.16 bits per heavy atom. The van der Waals surface area contributed by atoms with Crippen LogP contribution in [0.1, 0.15) is 24.3 Å². The number of methoxy groups -OCH3 is 1. The van der Waals surface area contributed by atoms with E-state index < -0.39 is 9.05 Å². The van der Waals surface area contributed by atoms with Crippen LogP contribution in [-0.2, 0) is 13.8 Å². The number of nitrogens with zero attached hydrogens (tertiary/aromatic N) is 1. The molecule has 1 aromatic rings. The quantitative estimate of drug-likeness (QED) is 0.806. The first-order valence-electron chi connectivity index (χ1n) is 5.70. The minimum Gasteiger partial charge on any atom is -0.383 e. The second-order valence-corrected chi connectivity index (χ2v) is 6.84. The normalized spacial score (nSPS) is 11.8. The number of amides is 1. The molecule has 0 aliphatic carbocycles. The highest BCUT2D eigenvalue weighted by atomic mass is 35.7. The molecule has 0 bridgehead atoms. The summed E-state index contributed by atoms with van der Waals surface area (Å²) in [6.45, 7) is 4.58. The Kier molecular flexibility index (Phi) is 5.39. The molecule has 0 unspecified atom stereocenters. The summed E-state index contributed by atoms with van der Waals surface area (Å²) < 4.78 is 27.2. The van der Waals surface area contributed by atoms with Gasteiger partial charge in [-0.1, -0.05) is 0 Å². The number of carbonyl (C=O) groups is 1. The van der Waals surface area contributed by atoms with Crippen molar-refractivity contribution in [3.8, 4) is 0 Å². The third-order valence-electron chi connectivity index (χ3n) is 2.59. The van der Waals surface area contributed by atoms with E-state index in [0.29, 0.717) is 13.2 Å². The number of halogens is 1. The van der Waals surface area contributed by atoms with Crippen LogP contribution in [0.2, 0.25) is 0 Å². The van der Waals surface area contributed by atoms with Gasteiger partial charge in [0.1, 0.15) is 10.6 Å². The Balaban J connectivity index is 2.94. The lowest BCUT2D eigenvalue weighted by molar-refractivity contribution is 0.0630. The molecule has 1 aromatic heterocycles. The molecule has 1 heterocycles. The molecule has 1 N–H and O–H groups in total. The van der Waals surface area contributed by atoms with Crippen molar-refractivity contribution >= 4 is 25.6 Å². The highest BCUT2D eigenvalue weighted by Crippen LogP contribution is 2.17. The Labute approximate surface area is 117 Å². The van der Waals surface area contributed by atoms with Gasteiger partial charge in [0.2, 0.25) is 0 Å². The third-order valence-corrected chi connectivity index (χ3v) is 3.92. The van der Waals surface area contributed by atoms with E-state index in [1.807, 2.05) is 13.8 Å². The van der Waals surface area contributed by atoms with E-state index >= 15 is 0 Å². The van der Waals surface area contributed by atoms with E-state index in [-0.39, 0.29) is 22.5 Å². The van der Waals surface area contributed by atoms with E-state index in [9.17, 15) is 13.2 Å². The summed E-state index contributed by atoms with van der Waals surface area (Å²) in [7, 11) is 2.93. The predicted molar refractivity (Wildman–Crippen MR) is 71.9 cm³/mol. The third kappa shape index (κ3) is 4.22. The summed E-state index contributed by atoms with van der Waals surface area (Å²) in [5.74, 6) is -0.293. The standard InChI is InChI=1S/C11H17ClN2O4S/c1-8(2)14(4-5-18-3)11(15)10-6-9(7-13-10)19(12,16)17/h6-8,13H,4-5H2,1-3H3. The maximum Gasteiger partial charge on any atom is 0.270 e. The number of hydrogen-bond donors (Lipinski definition) is 1. The SMILES string of the molecule is COCCN(C(=O)c1cc(S(=O)(=O)Cl)c[nH]1)C(C)C. The van der Waals surface area contributed by atoms with Crippen molar-refractivity contribution in [1.82, 2.24) is 9.88 Å². The number of rotatable bonds is 6. The van der Waals surface area contributed by atoms with Crippen molar-refractivity contribution in [1.29, 1.82) is 0 Å². The Bertz CT molecular complexity index is 539. The molecule has 19 heavy (non-hydrogen) atoms. The summed E-state index contributed by atoms with van der Waals surface area (Å²) >= 11 is 0. The molecule has 0 saturated carbocycles. The van der Waals surface area contributed by atoms with Gasteiger partial charge in [0.05, 0.1) is 6.61 Å². The van der Waals surface area contributed by atoms with Crippen LogP contribution in [0.25, 0.3) is 0 Å². The lowest BCUT2D eigenvalue weighted by Gasteiger charge is -2.25. The van der Waals surface area contributed by atoms with Crippen LogP contribution in [0.15, 0.2) is 17.2 Å². The van der Waals surface area contributed by atoms with Crippen molar-refractivity contribution in [3.63, 3.8) is 0 Å². The molecule has 0 aliphatic rings. The minimum atomic E-state index is -3.83. The zero-order valence-corrected chi connectivity index (χ0v) is 12.6. The maximum absolute atomic E-state index is 12.2. The van der Waals surface area contributed by atoms with Crippen LogP contribution in [0.5, 0.6) is 0 Å². The number of aromatic nitrogens is 1. The highest BCUT2D eigenvalue weighted by molar-refractivity contribution is 8.13. The van der Waals surface area contributed by atoms with Crippen molar-refractivity contribution in [2.45, 2.75) is 24.8 Å². The summed E-state index contributed by atoms with van der Waals surface area (Å²) in [5.41, 5.74) is 0.184. The first-order valence-corrected chi connectivity index (χ1v) is 8.01. The largest absolute Gasteiger partial charge is 0.383 e. The molecule has 0 radical (unpaired) electrons. The topological polar surface area (TPSA) is 79.5 Å². The van der Waals surface area contributed by atoms with Gasteiger partial charge < -0.3 is 14.6 Å². The Morgan fingerprint density at radius 1 is 1.53 bits per heavy atom. The summed E-state index contributed by atoms with van der Waals surface area (Å²) in [6.07, 6.45) is 1.20. The second kappa shape index (κ2) is 6.40. The van der Waals surface area contributed by atoms with Gasteiger partial charge in [-0.3, -0.25) is 4.79 Å². The molecule has 6 nitrogen and oxygen atoms in total. The van der Waals surface area contributed by atoms with Crippen molar-refractivity contribution in [3.05, 3.63) is 18.0 Å². The predicted octanol–water partition coefficient (Wildman–Crippen LogP) is 1.44. The Hall–Kier alpha value is -1.05. The lowest BCUT2D eigenvalue weighted by Crippen LogP contribution is -2.39. The van der Waals surface area contributed by atoms with Gasteiger partial charge in [0.15, 0.2) is 0 Å². The van der Waals surface area contributed by atoms with Gasteiger partial charge in [-0.05, 0) is 19.9 Å². The first kappa shape index (κ1) is 16.0. The molecule has 0 saturated heterocycles. The van der Waals surface area contributed by atoms with E-state index in [2.05, 4.69) is 4.98 Å². The van der Waals surface area contributed by atoms with Gasteiger partial charge in [0, 0.05) is 36.6 Å². The maximum atomic E-state index is 12.2. The van der Waals surface area contributed by atoms with E-state index in [0.717, 1.165) is 0 Å². The lowest BCUT2D eigenvalue weighted by atomic mass is 10.2. The van der Waals surface area contributed by atoms with Crippen LogP contribution in [0.3, 0.4) is 0 Å². The molecule has 0 aliphatic heterocycles. The fourth-order valence-corrected chi connectivity index (χ4v) is 2.30. The van der Waals surface area contributed by atoms with Crippen LogP contribution in [-0.4, -0.2) is 50.5 Å². The smallest absolute Gasteiger partial charge is 0.270 e. The van der Waals surface area contributed by atoms with E-state index in [1.54, 1.807) is 12.0 Å². The highest BCUT2D eigenvalue weighted by Gasteiger charge is 2.22. The molecule has 0 atom stereocenters. The number of aromatic amines is 1. The second-order valence-electron chi connectivity index (χ2n) is 4.27. The first-order chi connectivity index (χ1) is 8.77. The molecular weight excluding hydrogens is 292 g/mol. The summed E-state index contributed by atoms with van der Waals surface area (Å²) in [5, 5.41) is 0. The molecule has 0 fully saturated rings. The van der Waals surface area contributed by atoms with E-state index in [1.165, 1.54) is 12.3 Å². The monoisotopic (exact) mass is 308 g/mol. The fourth-order valence-electron chi connectivity index (χ4n) is 1.58. The molecule has 0 aromatic carbocycles. The molecule has 108 valence electrons. The number of carbonyl (C=O) groups excluding carboxylic acids is 1. The summed E-state index contributed by atoms with van der Waals surface area (Å²) in [4.78, 5) is 16.3. The van der Waals surface area contributed by atoms with Gasteiger partial charge in [-0.25, -0.2) is 8.42 Å². The molecule has 0 spiro atoms. The number of ether oxygens (including phenoxy) is 1. The van der Waals surface area contributed by atoms with E-state index in [4.69, 9.17) is 15.4 Å². The zero-order chi connectivity index (χ0) is 14.6. The van der Waals surface area contributed by atoms with Crippen LogP contribution >= 0.6 is 10.7 Å². The molecular formula is C11H17ClN2O4S. The average molecular weight is 309 g/mol. The van der Waals surface area contributed by atoms with Gasteiger partial charge >= 0.3 is 0 Å². The van der Waals surface area contributed by atoms with Gasteiger partial charge in [-0.15, -0.1) is 0 Å². The molecule has 1 rings (SSSR count). The van der Waals surface area contributed by atoms with Crippen molar-refractivity contribution in [2.24, 2.45) is 0 Å². The van der Waals surface area contributed by atoms with Crippen molar-refractivity contribution < 1.29 is 17.9 Å². The van der Waals surface area contributed by atoms with Crippen molar-refractivity contribution in [2.75, 3.05) is 20.3 Å². The van der Waals surface area contributed by atoms with Crippen LogP contribution in [0, 0.1) is 0 Å². The van der Waals surface area contributed by atoms with Gasteiger partial charge in [-0.2, -0.15) is 0 Å². The van der Waals surface area contributed by atoms with Crippen LogP contribution < -0.4 is 0 Å². The number of hydrogen-bond acceptors (Lipinski definition) is 4. The number of nitrogens with one attached hydrogen (secondary N) is 1. The summed E-state index contributed by atoms with van der Waals surface area (Å²) in [6, 6.07) is 1.20. The van der Waals surface area contributed by atoms with Gasteiger partial charge in [0.25, 0.3) is 15.0 Å².